The van der Waals surface area contributed by atoms with Crippen LogP contribution in [0.3, 0.4) is 0 Å². The Labute approximate surface area is 134 Å². The van der Waals surface area contributed by atoms with Crippen LogP contribution in [0, 0.1) is 5.92 Å². The topological polar surface area (TPSA) is 47.6 Å². The van der Waals surface area contributed by atoms with Crippen LogP contribution in [0.5, 0.6) is 0 Å². The van der Waals surface area contributed by atoms with Gasteiger partial charge in [-0.05, 0) is 39.2 Å². The second-order valence-corrected chi connectivity index (χ2v) is 7.62. The molecule has 0 bridgehead atoms. The first-order valence-electron chi connectivity index (χ1n) is 9.09. The maximum absolute atomic E-state index is 12.5. The number of carbonyl (C=O) groups is 1. The maximum Gasteiger partial charge on any atom is 0.237 e. The normalized spacial score (nSPS) is 35.1. The van der Waals surface area contributed by atoms with Crippen LogP contribution < -0.4 is 10.6 Å². The van der Waals surface area contributed by atoms with Gasteiger partial charge in [0.15, 0.2) is 0 Å². The lowest BCUT2D eigenvalue weighted by molar-refractivity contribution is -0.123. The van der Waals surface area contributed by atoms with Crippen molar-refractivity contribution >= 4 is 5.91 Å². The Hall–Kier alpha value is -0.650. The highest BCUT2D eigenvalue weighted by Crippen LogP contribution is 2.33. The van der Waals surface area contributed by atoms with Gasteiger partial charge in [-0.2, -0.15) is 0 Å². The van der Waals surface area contributed by atoms with Gasteiger partial charge in [-0.3, -0.25) is 9.69 Å². The van der Waals surface area contributed by atoms with Gasteiger partial charge in [0.05, 0.1) is 6.04 Å². The minimum absolute atomic E-state index is 0.0445. The summed E-state index contributed by atoms with van der Waals surface area (Å²) >= 11 is 0. The molecule has 1 saturated carbocycles. The molecule has 2 N–H and O–H groups in total. The van der Waals surface area contributed by atoms with E-state index in [1.54, 1.807) is 0 Å². The minimum atomic E-state index is 0.0445. The van der Waals surface area contributed by atoms with Crippen LogP contribution in [-0.2, 0) is 4.79 Å². The summed E-state index contributed by atoms with van der Waals surface area (Å²) < 4.78 is 0. The lowest BCUT2D eigenvalue weighted by Gasteiger charge is -2.34. The number of nitrogens with zero attached hydrogens (tertiary/aromatic N) is 2. The van der Waals surface area contributed by atoms with Gasteiger partial charge in [0, 0.05) is 44.8 Å². The molecule has 5 nitrogen and oxygen atoms in total. The fraction of sp³-hybridized carbons (Fsp3) is 0.941. The highest BCUT2D eigenvalue weighted by molar-refractivity contribution is 5.82. The van der Waals surface area contributed by atoms with Gasteiger partial charge in [0.1, 0.15) is 0 Å². The Bertz CT molecular complexity index is 367. The molecule has 22 heavy (non-hydrogen) atoms. The number of hydrogen-bond donors (Lipinski definition) is 2. The molecule has 0 aromatic carbocycles. The standard InChI is InChI=1S/C17H32N4O/c1-13(12-21-9-7-20(2)8-10-21)18-17(22)16-11-14-5-3-4-6-15(14)19-16/h13-16,19H,3-12H2,1-2H3,(H,18,22). The van der Waals surface area contributed by atoms with E-state index in [-0.39, 0.29) is 18.0 Å². The van der Waals surface area contributed by atoms with E-state index in [1.165, 1.54) is 25.7 Å². The third kappa shape index (κ3) is 4.00. The van der Waals surface area contributed by atoms with E-state index in [4.69, 9.17) is 0 Å². The lowest BCUT2D eigenvalue weighted by atomic mass is 9.85. The Morgan fingerprint density at radius 3 is 2.68 bits per heavy atom. The maximum atomic E-state index is 12.5. The summed E-state index contributed by atoms with van der Waals surface area (Å²) in [6, 6.07) is 0.876. The summed E-state index contributed by atoms with van der Waals surface area (Å²) in [7, 11) is 2.17. The van der Waals surface area contributed by atoms with E-state index in [9.17, 15) is 4.79 Å². The first kappa shape index (κ1) is 16.2. The summed E-state index contributed by atoms with van der Waals surface area (Å²) in [6.45, 7) is 7.60. The van der Waals surface area contributed by atoms with E-state index < -0.39 is 0 Å². The van der Waals surface area contributed by atoms with Gasteiger partial charge in [-0.1, -0.05) is 12.8 Å². The Balaban J connectivity index is 1.41. The second-order valence-electron chi connectivity index (χ2n) is 7.62. The third-order valence-corrected chi connectivity index (χ3v) is 5.70. The van der Waals surface area contributed by atoms with Gasteiger partial charge < -0.3 is 15.5 Å². The summed E-state index contributed by atoms with van der Waals surface area (Å²) in [5.74, 6) is 0.952. The average molecular weight is 308 g/mol. The zero-order chi connectivity index (χ0) is 15.5. The molecule has 4 unspecified atom stereocenters. The highest BCUT2D eigenvalue weighted by Gasteiger charge is 2.38. The van der Waals surface area contributed by atoms with Gasteiger partial charge in [-0.25, -0.2) is 0 Å². The van der Waals surface area contributed by atoms with Crippen molar-refractivity contribution in [1.29, 1.82) is 0 Å². The number of carbonyl (C=O) groups excluding carboxylic acids is 1. The van der Waals surface area contributed by atoms with Crippen molar-refractivity contribution in [3.63, 3.8) is 0 Å². The van der Waals surface area contributed by atoms with Gasteiger partial charge in [-0.15, -0.1) is 0 Å². The zero-order valence-corrected chi connectivity index (χ0v) is 14.2. The molecule has 3 aliphatic rings. The molecule has 1 amide bonds. The Morgan fingerprint density at radius 1 is 1.23 bits per heavy atom. The van der Waals surface area contributed by atoms with E-state index in [1.807, 2.05) is 0 Å². The number of rotatable bonds is 4. The van der Waals surface area contributed by atoms with E-state index >= 15 is 0 Å². The molecule has 2 aliphatic heterocycles. The van der Waals surface area contributed by atoms with Gasteiger partial charge in [0.25, 0.3) is 0 Å². The van der Waals surface area contributed by atoms with Crippen molar-refractivity contribution in [2.75, 3.05) is 39.8 Å². The number of piperazine rings is 1. The Morgan fingerprint density at radius 2 is 1.95 bits per heavy atom. The molecule has 3 rings (SSSR count). The number of nitrogens with one attached hydrogen (secondary N) is 2. The Kier molecular flexibility index (Phi) is 5.37. The summed E-state index contributed by atoms with van der Waals surface area (Å²) in [5, 5.41) is 6.81. The van der Waals surface area contributed by atoms with Crippen LogP contribution in [0.2, 0.25) is 0 Å². The first-order valence-corrected chi connectivity index (χ1v) is 9.09. The fourth-order valence-electron chi connectivity index (χ4n) is 4.33. The number of fused-ring (bicyclic) bond motifs is 1. The van der Waals surface area contributed by atoms with Crippen molar-refractivity contribution in [3.8, 4) is 0 Å². The lowest BCUT2D eigenvalue weighted by Crippen LogP contribution is -2.52. The number of likely N-dealkylation sites (N-methyl/N-ethyl adjacent to an activating group) is 1. The van der Waals surface area contributed by atoms with Crippen molar-refractivity contribution in [1.82, 2.24) is 20.4 Å². The van der Waals surface area contributed by atoms with Crippen molar-refractivity contribution in [2.24, 2.45) is 5.92 Å². The SMILES string of the molecule is CC(CN1CCN(C)CC1)NC(=O)C1CC2CCCCC2N1. The van der Waals surface area contributed by atoms with Crippen LogP contribution in [0.25, 0.3) is 0 Å². The largest absolute Gasteiger partial charge is 0.351 e. The van der Waals surface area contributed by atoms with Gasteiger partial charge in [0.2, 0.25) is 5.91 Å². The van der Waals surface area contributed by atoms with E-state index in [0.717, 1.165) is 45.1 Å². The number of amides is 1. The smallest absolute Gasteiger partial charge is 0.237 e. The number of hydrogen-bond acceptors (Lipinski definition) is 4. The van der Waals surface area contributed by atoms with Crippen LogP contribution in [0.15, 0.2) is 0 Å². The molecule has 126 valence electrons. The highest BCUT2D eigenvalue weighted by atomic mass is 16.2. The van der Waals surface area contributed by atoms with E-state index in [2.05, 4.69) is 34.4 Å². The van der Waals surface area contributed by atoms with Gasteiger partial charge >= 0.3 is 0 Å². The van der Waals surface area contributed by atoms with Crippen LogP contribution in [0.1, 0.15) is 39.0 Å². The molecular weight excluding hydrogens is 276 g/mol. The molecular formula is C17H32N4O. The molecule has 0 spiro atoms. The quantitative estimate of drug-likeness (QED) is 0.801. The summed E-state index contributed by atoms with van der Waals surface area (Å²) in [6.07, 6.45) is 6.26. The molecule has 3 fully saturated rings. The van der Waals surface area contributed by atoms with Crippen LogP contribution in [-0.4, -0.2) is 73.6 Å². The van der Waals surface area contributed by atoms with Crippen molar-refractivity contribution in [3.05, 3.63) is 0 Å². The van der Waals surface area contributed by atoms with E-state index in [0.29, 0.717) is 6.04 Å². The molecule has 0 aromatic heterocycles. The van der Waals surface area contributed by atoms with Crippen molar-refractivity contribution < 1.29 is 4.79 Å². The third-order valence-electron chi connectivity index (χ3n) is 5.70. The average Bonchev–Trinajstić information content (AvgIpc) is 2.93. The minimum Gasteiger partial charge on any atom is -0.351 e. The monoisotopic (exact) mass is 308 g/mol. The summed E-state index contributed by atoms with van der Waals surface area (Å²) in [4.78, 5) is 17.3. The molecule has 2 heterocycles. The van der Waals surface area contributed by atoms with Crippen LogP contribution in [0.4, 0.5) is 0 Å². The zero-order valence-electron chi connectivity index (χ0n) is 14.2. The molecule has 1 aliphatic carbocycles. The second kappa shape index (κ2) is 7.28. The predicted octanol–water partition coefficient (Wildman–Crippen LogP) is 0.659. The van der Waals surface area contributed by atoms with Crippen molar-refractivity contribution in [2.45, 2.75) is 57.2 Å². The molecule has 4 atom stereocenters. The summed E-state index contributed by atoms with van der Waals surface area (Å²) in [5.41, 5.74) is 0. The molecule has 0 aromatic rings. The first-order chi connectivity index (χ1) is 10.6. The van der Waals surface area contributed by atoms with Crippen LogP contribution >= 0.6 is 0 Å². The molecule has 2 saturated heterocycles. The molecule has 0 radical (unpaired) electrons. The predicted molar refractivity (Wildman–Crippen MR) is 88.8 cm³/mol. The fourth-order valence-corrected chi connectivity index (χ4v) is 4.33. The molecule has 5 heteroatoms.